The van der Waals surface area contributed by atoms with Crippen molar-refractivity contribution in [1.82, 2.24) is 4.98 Å². The maximum Gasteiger partial charge on any atom is 0.339 e. The van der Waals surface area contributed by atoms with Gasteiger partial charge in [0, 0.05) is 17.8 Å². The summed E-state index contributed by atoms with van der Waals surface area (Å²) < 4.78 is 11.0. The predicted octanol–water partition coefficient (Wildman–Crippen LogP) is 2.39. The van der Waals surface area contributed by atoms with Crippen molar-refractivity contribution >= 4 is 33.7 Å². The second-order valence-corrected chi connectivity index (χ2v) is 4.58. The van der Waals surface area contributed by atoms with Gasteiger partial charge in [0.2, 0.25) is 0 Å². The molecule has 2 rings (SSSR count). The fourth-order valence-electron chi connectivity index (χ4n) is 1.62. The van der Waals surface area contributed by atoms with Crippen LogP contribution in [0.15, 0.2) is 16.7 Å². The Morgan fingerprint density at radius 3 is 3.06 bits per heavy atom. The van der Waals surface area contributed by atoms with Crippen LogP contribution in [0.2, 0.25) is 0 Å². The van der Waals surface area contributed by atoms with Gasteiger partial charge in [-0.2, -0.15) is 0 Å². The van der Waals surface area contributed by atoms with Gasteiger partial charge in [0.05, 0.1) is 23.6 Å². The summed E-state index contributed by atoms with van der Waals surface area (Å²) in [6.07, 6.45) is 3.09. The number of pyridine rings is 1. The molecule has 1 unspecified atom stereocenters. The molecule has 0 fully saturated rings. The Balaban J connectivity index is 2.31. The first kappa shape index (κ1) is 13.0. The first-order valence-electron chi connectivity index (χ1n) is 5.49. The van der Waals surface area contributed by atoms with E-state index in [-0.39, 0.29) is 12.2 Å². The molecule has 2 heterocycles. The number of anilines is 1. The van der Waals surface area contributed by atoms with Gasteiger partial charge in [0.25, 0.3) is 0 Å². The maximum absolute atomic E-state index is 11.6. The lowest BCUT2D eigenvalue weighted by atomic mass is 10.1. The van der Waals surface area contributed by atoms with Gasteiger partial charge in [-0.3, -0.25) is 4.98 Å². The van der Waals surface area contributed by atoms with Crippen LogP contribution in [0.5, 0.6) is 0 Å². The zero-order valence-corrected chi connectivity index (χ0v) is 11.7. The van der Waals surface area contributed by atoms with Crippen LogP contribution in [0, 0.1) is 0 Å². The molecule has 0 saturated carbocycles. The third-order valence-electron chi connectivity index (χ3n) is 2.48. The summed E-state index contributed by atoms with van der Waals surface area (Å²) in [6, 6.07) is 1.71. The van der Waals surface area contributed by atoms with E-state index < -0.39 is 0 Å². The Morgan fingerprint density at radius 2 is 2.39 bits per heavy atom. The quantitative estimate of drug-likeness (QED) is 0.868. The number of ether oxygens (including phenoxy) is 2. The summed E-state index contributed by atoms with van der Waals surface area (Å²) in [7, 11) is 1.60. The van der Waals surface area contributed by atoms with E-state index in [1.165, 1.54) is 6.20 Å². The van der Waals surface area contributed by atoms with Gasteiger partial charge in [0.1, 0.15) is 0 Å². The highest BCUT2D eigenvalue weighted by molar-refractivity contribution is 9.11. The van der Waals surface area contributed by atoms with Gasteiger partial charge in [-0.1, -0.05) is 15.9 Å². The van der Waals surface area contributed by atoms with Crippen LogP contribution < -0.4 is 5.32 Å². The molecule has 1 aromatic heterocycles. The molecule has 1 atom stereocenters. The number of nitrogens with zero attached hydrogens (tertiary/aromatic N) is 1. The molecule has 0 aromatic carbocycles. The Morgan fingerprint density at radius 1 is 1.61 bits per heavy atom. The molecule has 0 aliphatic carbocycles. The average Bonchev–Trinajstić information content (AvgIpc) is 2.37. The summed E-state index contributed by atoms with van der Waals surface area (Å²) in [5.41, 5.74) is 1.92. The van der Waals surface area contributed by atoms with Crippen molar-refractivity contribution in [2.75, 3.05) is 19.0 Å². The van der Waals surface area contributed by atoms with Gasteiger partial charge >= 0.3 is 5.97 Å². The van der Waals surface area contributed by atoms with E-state index in [0.717, 1.165) is 15.9 Å². The summed E-state index contributed by atoms with van der Waals surface area (Å²) in [4.78, 5) is 15.8. The van der Waals surface area contributed by atoms with E-state index in [4.69, 9.17) is 9.47 Å². The normalized spacial score (nSPS) is 17.5. The van der Waals surface area contributed by atoms with E-state index in [0.29, 0.717) is 12.2 Å². The molecular formula is C12H13BrN2O3. The zero-order chi connectivity index (χ0) is 13.1. The van der Waals surface area contributed by atoms with Gasteiger partial charge < -0.3 is 14.8 Å². The third kappa shape index (κ3) is 2.54. The minimum Gasteiger partial charge on any atom is -0.462 e. The number of rotatable bonds is 3. The Bertz CT molecular complexity index is 502. The molecule has 0 bridgehead atoms. The smallest absolute Gasteiger partial charge is 0.339 e. The monoisotopic (exact) mass is 312 g/mol. The zero-order valence-electron chi connectivity index (χ0n) is 10.1. The molecule has 1 aromatic rings. The lowest BCUT2D eigenvalue weighted by molar-refractivity contribution is 0.0526. The van der Waals surface area contributed by atoms with Gasteiger partial charge in [-0.15, -0.1) is 0 Å². The van der Waals surface area contributed by atoms with Crippen LogP contribution in [-0.4, -0.2) is 30.9 Å². The Kier molecular flexibility index (Phi) is 3.98. The molecule has 18 heavy (non-hydrogen) atoms. The number of carbonyl (C=O) groups excluding carboxylic acids is 1. The molecule has 0 saturated heterocycles. The molecule has 96 valence electrons. The van der Waals surface area contributed by atoms with Gasteiger partial charge in [0.15, 0.2) is 6.23 Å². The van der Waals surface area contributed by atoms with Gasteiger partial charge in [-0.25, -0.2) is 4.79 Å². The highest BCUT2D eigenvalue weighted by atomic mass is 79.9. The van der Waals surface area contributed by atoms with E-state index in [9.17, 15) is 4.79 Å². The highest BCUT2D eigenvalue weighted by Crippen LogP contribution is 2.29. The summed E-state index contributed by atoms with van der Waals surface area (Å²) in [5.74, 6) is -0.378. The van der Waals surface area contributed by atoms with Crippen LogP contribution in [0.1, 0.15) is 23.0 Å². The number of methoxy groups -OCH3 is 1. The SMILES string of the molecule is CCOC(=O)c1cnc2c(c1)NC(OC)C(Br)=C2. The maximum atomic E-state index is 11.6. The Labute approximate surface area is 113 Å². The van der Waals surface area contributed by atoms with E-state index in [1.54, 1.807) is 20.1 Å². The highest BCUT2D eigenvalue weighted by Gasteiger charge is 2.20. The number of nitrogens with one attached hydrogen (secondary N) is 1. The van der Waals surface area contributed by atoms with Crippen molar-refractivity contribution in [2.24, 2.45) is 0 Å². The summed E-state index contributed by atoms with van der Waals surface area (Å²) in [6.45, 7) is 2.11. The standard InChI is InChI=1S/C12H13BrN2O3/c1-3-18-12(16)7-4-10-9(14-6-7)5-8(13)11(15-10)17-2/h4-6,11,15H,3H2,1-2H3. The predicted molar refractivity (Wildman–Crippen MR) is 71.5 cm³/mol. The van der Waals surface area contributed by atoms with E-state index >= 15 is 0 Å². The minimum atomic E-state index is -0.378. The molecule has 0 amide bonds. The van der Waals surface area contributed by atoms with Crippen LogP contribution in [0.4, 0.5) is 5.69 Å². The Hall–Kier alpha value is -1.40. The number of hydrogen-bond acceptors (Lipinski definition) is 5. The number of esters is 1. The van der Waals surface area contributed by atoms with Crippen molar-refractivity contribution in [3.8, 4) is 0 Å². The average molecular weight is 313 g/mol. The summed E-state index contributed by atoms with van der Waals surface area (Å²) in [5, 5.41) is 3.13. The number of fused-ring (bicyclic) bond motifs is 1. The van der Waals surface area contributed by atoms with Crippen LogP contribution in [-0.2, 0) is 9.47 Å². The first-order chi connectivity index (χ1) is 8.65. The van der Waals surface area contributed by atoms with Crippen molar-refractivity contribution < 1.29 is 14.3 Å². The lowest BCUT2D eigenvalue weighted by Crippen LogP contribution is -2.25. The molecular weight excluding hydrogens is 300 g/mol. The van der Waals surface area contributed by atoms with Gasteiger partial charge in [-0.05, 0) is 19.1 Å². The largest absolute Gasteiger partial charge is 0.462 e. The van der Waals surface area contributed by atoms with Crippen molar-refractivity contribution in [1.29, 1.82) is 0 Å². The van der Waals surface area contributed by atoms with Crippen molar-refractivity contribution in [2.45, 2.75) is 13.2 Å². The molecule has 1 aliphatic heterocycles. The van der Waals surface area contributed by atoms with Crippen LogP contribution in [0.25, 0.3) is 6.08 Å². The number of aromatic nitrogens is 1. The number of halogens is 1. The fraction of sp³-hybridized carbons (Fsp3) is 0.333. The second kappa shape index (κ2) is 5.49. The van der Waals surface area contributed by atoms with Crippen molar-refractivity contribution in [3.05, 3.63) is 28.0 Å². The summed E-state index contributed by atoms with van der Waals surface area (Å²) >= 11 is 3.40. The molecule has 6 heteroatoms. The lowest BCUT2D eigenvalue weighted by Gasteiger charge is -2.23. The van der Waals surface area contributed by atoms with Crippen LogP contribution in [0.3, 0.4) is 0 Å². The molecule has 1 aliphatic rings. The second-order valence-electron chi connectivity index (χ2n) is 3.67. The van der Waals surface area contributed by atoms with E-state index in [1.807, 2.05) is 6.08 Å². The van der Waals surface area contributed by atoms with Crippen molar-refractivity contribution in [3.63, 3.8) is 0 Å². The van der Waals surface area contributed by atoms with Crippen LogP contribution >= 0.6 is 15.9 Å². The van der Waals surface area contributed by atoms with E-state index in [2.05, 4.69) is 26.2 Å². The molecule has 0 spiro atoms. The third-order valence-corrected chi connectivity index (χ3v) is 3.12. The molecule has 1 N–H and O–H groups in total. The number of hydrogen-bond donors (Lipinski definition) is 1. The fourth-order valence-corrected chi connectivity index (χ4v) is 2.14. The first-order valence-corrected chi connectivity index (χ1v) is 6.28. The topological polar surface area (TPSA) is 60.5 Å². The number of carbonyl (C=O) groups is 1. The molecule has 5 nitrogen and oxygen atoms in total. The minimum absolute atomic E-state index is 0.267. The molecule has 0 radical (unpaired) electrons.